The van der Waals surface area contributed by atoms with Crippen LogP contribution in [0.15, 0.2) is 4.99 Å². The van der Waals surface area contributed by atoms with Crippen LogP contribution in [0.1, 0.15) is 25.7 Å². The van der Waals surface area contributed by atoms with Crippen molar-refractivity contribution in [1.82, 2.24) is 15.5 Å². The van der Waals surface area contributed by atoms with Gasteiger partial charge in [0.2, 0.25) is 0 Å². The van der Waals surface area contributed by atoms with E-state index in [4.69, 9.17) is 4.74 Å². The molecule has 3 fully saturated rings. The van der Waals surface area contributed by atoms with Gasteiger partial charge in [-0.3, -0.25) is 9.89 Å². The van der Waals surface area contributed by atoms with E-state index in [2.05, 4.69) is 32.3 Å². The summed E-state index contributed by atoms with van der Waals surface area (Å²) in [6, 6.07) is 0. The molecule has 3 aliphatic rings. The minimum atomic E-state index is 0.280. The van der Waals surface area contributed by atoms with Gasteiger partial charge >= 0.3 is 0 Å². The third-order valence-electron chi connectivity index (χ3n) is 5.36. The number of thioether (sulfide) groups is 1. The van der Waals surface area contributed by atoms with Crippen LogP contribution >= 0.6 is 11.8 Å². The van der Waals surface area contributed by atoms with E-state index < -0.39 is 0 Å². The van der Waals surface area contributed by atoms with Crippen LogP contribution in [-0.2, 0) is 4.74 Å². The monoisotopic (exact) mass is 326 g/mol. The highest BCUT2D eigenvalue weighted by atomic mass is 32.2. The van der Waals surface area contributed by atoms with Gasteiger partial charge in [0.1, 0.15) is 0 Å². The Morgan fingerprint density at radius 2 is 2.14 bits per heavy atom. The van der Waals surface area contributed by atoms with Gasteiger partial charge in [-0.25, -0.2) is 0 Å². The summed E-state index contributed by atoms with van der Waals surface area (Å²) in [5.41, 5.74) is 0.280. The molecule has 5 nitrogen and oxygen atoms in total. The summed E-state index contributed by atoms with van der Waals surface area (Å²) >= 11 is 2.08. The van der Waals surface area contributed by atoms with E-state index in [1.165, 1.54) is 37.2 Å². The van der Waals surface area contributed by atoms with Crippen LogP contribution in [0.4, 0.5) is 0 Å². The predicted octanol–water partition coefficient (Wildman–Crippen LogP) is 1.16. The number of nitrogens with zero attached hydrogens (tertiary/aromatic N) is 2. The highest BCUT2D eigenvalue weighted by molar-refractivity contribution is 7.99. The lowest BCUT2D eigenvalue weighted by molar-refractivity contribution is -0.0120. The zero-order chi connectivity index (χ0) is 15.3. The molecule has 22 heavy (non-hydrogen) atoms. The van der Waals surface area contributed by atoms with Crippen LogP contribution < -0.4 is 10.6 Å². The van der Waals surface area contributed by atoms with Gasteiger partial charge in [0.25, 0.3) is 0 Å². The molecule has 1 unspecified atom stereocenters. The fraction of sp³-hybridized carbons (Fsp3) is 0.938. The summed E-state index contributed by atoms with van der Waals surface area (Å²) in [4.78, 5) is 7.04. The molecular weight excluding hydrogens is 296 g/mol. The molecule has 2 saturated heterocycles. The minimum Gasteiger partial charge on any atom is -0.379 e. The average Bonchev–Trinajstić information content (AvgIpc) is 3.00. The molecule has 0 amide bonds. The molecule has 0 spiro atoms. The van der Waals surface area contributed by atoms with Crippen molar-refractivity contribution in [3.8, 4) is 0 Å². The van der Waals surface area contributed by atoms with Gasteiger partial charge < -0.3 is 15.4 Å². The Hall–Kier alpha value is -0.460. The Labute approximate surface area is 138 Å². The molecule has 126 valence electrons. The quantitative estimate of drug-likeness (QED) is 0.586. The summed E-state index contributed by atoms with van der Waals surface area (Å²) in [6.45, 7) is 5.94. The molecule has 1 atom stereocenters. The third kappa shape index (κ3) is 3.89. The number of hydrogen-bond acceptors (Lipinski definition) is 4. The number of morpholine rings is 1. The van der Waals surface area contributed by atoms with Crippen molar-refractivity contribution in [2.45, 2.75) is 31.2 Å². The lowest BCUT2D eigenvalue weighted by Gasteiger charge is -2.43. The Morgan fingerprint density at radius 3 is 2.73 bits per heavy atom. The standard InChI is InChI=1S/C16H30N4OS/c1-17-15(18-11-14-3-2-4-14)19-12-16(5-10-22-13-16)20-6-8-21-9-7-20/h14H,2-13H2,1H3,(H2,17,18,19). The molecular formula is C16H30N4OS. The fourth-order valence-corrected chi connectivity index (χ4v) is 5.02. The van der Waals surface area contributed by atoms with Gasteiger partial charge in [-0.15, -0.1) is 0 Å². The zero-order valence-corrected chi connectivity index (χ0v) is 14.6. The first-order valence-corrected chi connectivity index (χ1v) is 9.83. The SMILES string of the molecule is CN=C(NCC1CCC1)NCC1(N2CCOCC2)CCSC1. The van der Waals surface area contributed by atoms with Gasteiger partial charge in [-0.05, 0) is 30.9 Å². The van der Waals surface area contributed by atoms with Crippen molar-refractivity contribution in [1.29, 1.82) is 0 Å². The minimum absolute atomic E-state index is 0.280. The van der Waals surface area contributed by atoms with Gasteiger partial charge in [0, 0.05) is 44.5 Å². The van der Waals surface area contributed by atoms with Gasteiger partial charge in [0.05, 0.1) is 13.2 Å². The van der Waals surface area contributed by atoms with E-state index in [0.29, 0.717) is 0 Å². The number of hydrogen-bond donors (Lipinski definition) is 2. The summed E-state index contributed by atoms with van der Waals surface area (Å²) in [7, 11) is 1.88. The van der Waals surface area contributed by atoms with E-state index in [1.807, 2.05) is 7.05 Å². The topological polar surface area (TPSA) is 48.9 Å². The maximum Gasteiger partial charge on any atom is 0.191 e. The second-order valence-electron chi connectivity index (χ2n) is 6.73. The second kappa shape index (κ2) is 7.88. The molecule has 2 aliphatic heterocycles. The van der Waals surface area contributed by atoms with Crippen LogP contribution in [0.5, 0.6) is 0 Å². The maximum absolute atomic E-state index is 5.53. The maximum atomic E-state index is 5.53. The first kappa shape index (κ1) is 16.4. The zero-order valence-electron chi connectivity index (χ0n) is 13.8. The van der Waals surface area contributed by atoms with Crippen LogP contribution in [0.3, 0.4) is 0 Å². The Morgan fingerprint density at radius 1 is 1.32 bits per heavy atom. The number of aliphatic imine (C=N–C) groups is 1. The normalized spacial score (nSPS) is 31.0. The first-order valence-electron chi connectivity index (χ1n) is 8.67. The van der Waals surface area contributed by atoms with Gasteiger partial charge in [-0.2, -0.15) is 11.8 Å². The number of nitrogens with one attached hydrogen (secondary N) is 2. The Kier molecular flexibility index (Phi) is 5.88. The smallest absolute Gasteiger partial charge is 0.191 e. The van der Waals surface area contributed by atoms with E-state index in [0.717, 1.165) is 51.3 Å². The van der Waals surface area contributed by atoms with Gasteiger partial charge in [0.15, 0.2) is 5.96 Å². The molecule has 0 aromatic carbocycles. The second-order valence-corrected chi connectivity index (χ2v) is 7.84. The van der Waals surface area contributed by atoms with Crippen LogP contribution in [-0.4, -0.2) is 74.3 Å². The van der Waals surface area contributed by atoms with E-state index in [-0.39, 0.29) is 5.54 Å². The average molecular weight is 327 g/mol. The largest absolute Gasteiger partial charge is 0.379 e. The van der Waals surface area contributed by atoms with E-state index >= 15 is 0 Å². The van der Waals surface area contributed by atoms with Crippen molar-refractivity contribution in [2.75, 3.05) is 57.9 Å². The van der Waals surface area contributed by atoms with E-state index in [1.54, 1.807) is 0 Å². The van der Waals surface area contributed by atoms with Crippen molar-refractivity contribution in [3.63, 3.8) is 0 Å². The van der Waals surface area contributed by atoms with Crippen LogP contribution in [0.25, 0.3) is 0 Å². The number of rotatable bonds is 5. The summed E-state index contributed by atoms with van der Waals surface area (Å²) in [5, 5.41) is 7.10. The molecule has 2 heterocycles. The summed E-state index contributed by atoms with van der Waals surface area (Å²) < 4.78 is 5.53. The van der Waals surface area contributed by atoms with Gasteiger partial charge in [-0.1, -0.05) is 6.42 Å². The Bertz CT molecular complexity index is 374. The first-order chi connectivity index (χ1) is 10.8. The number of ether oxygens (including phenoxy) is 1. The molecule has 0 aromatic heterocycles. The lowest BCUT2D eigenvalue weighted by Crippen LogP contribution is -2.60. The molecule has 0 aromatic rings. The molecule has 3 rings (SSSR count). The molecule has 6 heteroatoms. The summed E-state index contributed by atoms with van der Waals surface area (Å²) in [5.74, 6) is 4.32. The molecule has 2 N–H and O–H groups in total. The van der Waals surface area contributed by atoms with E-state index in [9.17, 15) is 0 Å². The number of guanidine groups is 1. The van der Waals surface area contributed by atoms with Crippen molar-refractivity contribution in [2.24, 2.45) is 10.9 Å². The molecule has 0 radical (unpaired) electrons. The third-order valence-corrected chi connectivity index (χ3v) is 6.59. The molecule has 1 saturated carbocycles. The van der Waals surface area contributed by atoms with Crippen molar-refractivity contribution in [3.05, 3.63) is 0 Å². The highest BCUT2D eigenvalue weighted by Crippen LogP contribution is 2.33. The molecule has 0 bridgehead atoms. The van der Waals surface area contributed by atoms with Crippen LogP contribution in [0.2, 0.25) is 0 Å². The molecule has 1 aliphatic carbocycles. The van der Waals surface area contributed by atoms with Crippen molar-refractivity contribution >= 4 is 17.7 Å². The summed E-state index contributed by atoms with van der Waals surface area (Å²) in [6.07, 6.45) is 5.41. The van der Waals surface area contributed by atoms with Crippen LogP contribution in [0, 0.1) is 5.92 Å². The fourth-order valence-electron chi connectivity index (χ4n) is 3.54. The Balaban J connectivity index is 1.51. The highest BCUT2D eigenvalue weighted by Gasteiger charge is 2.40. The predicted molar refractivity (Wildman–Crippen MR) is 93.8 cm³/mol. The lowest BCUT2D eigenvalue weighted by atomic mass is 9.85. The van der Waals surface area contributed by atoms with Crippen molar-refractivity contribution < 1.29 is 4.74 Å².